The summed E-state index contributed by atoms with van der Waals surface area (Å²) in [5.41, 5.74) is 3.27. The van der Waals surface area contributed by atoms with E-state index in [0.29, 0.717) is 45.8 Å². The van der Waals surface area contributed by atoms with E-state index in [-0.39, 0.29) is 10.8 Å². The third kappa shape index (κ3) is 2.83. The van der Waals surface area contributed by atoms with Gasteiger partial charge in [-0.05, 0) is 117 Å². The number of hydrogen-bond donors (Lipinski definition) is 2. The smallest absolute Gasteiger partial charge is 0.0630 e. The number of allylic oxidation sites excluding steroid dienone is 1. The molecule has 0 aromatic heterocycles. The molecule has 9 atom stereocenters. The molecular formula is C30H48N2O2. The summed E-state index contributed by atoms with van der Waals surface area (Å²) < 4.78 is 0. The summed E-state index contributed by atoms with van der Waals surface area (Å²) in [6.45, 7) is 19.2. The Labute approximate surface area is 207 Å². The molecule has 0 heterocycles. The third-order valence-electron chi connectivity index (χ3n) is 13.3. The molecule has 5 fully saturated rings. The first-order chi connectivity index (χ1) is 15.9. The Morgan fingerprint density at radius 3 is 2.26 bits per heavy atom. The van der Waals surface area contributed by atoms with Crippen LogP contribution in [-0.2, 0) is 0 Å². The van der Waals surface area contributed by atoms with Crippen LogP contribution in [0.5, 0.6) is 0 Å². The van der Waals surface area contributed by atoms with Gasteiger partial charge in [-0.15, -0.1) is 5.16 Å². The van der Waals surface area contributed by atoms with E-state index in [0.717, 1.165) is 31.4 Å². The summed E-state index contributed by atoms with van der Waals surface area (Å²) in [6, 6.07) is 0. The number of hydrogen-bond acceptors (Lipinski definition) is 4. The van der Waals surface area contributed by atoms with E-state index in [1.807, 2.05) is 6.21 Å². The van der Waals surface area contributed by atoms with Gasteiger partial charge in [0.05, 0.1) is 11.9 Å². The summed E-state index contributed by atoms with van der Waals surface area (Å²) in [6.07, 6.45) is 13.8. The quantitative estimate of drug-likeness (QED) is 0.187. The lowest BCUT2D eigenvalue weighted by atomic mass is 9.32. The molecule has 5 saturated carbocycles. The summed E-state index contributed by atoms with van der Waals surface area (Å²) in [7, 11) is 0. The van der Waals surface area contributed by atoms with Crippen molar-refractivity contribution in [2.75, 3.05) is 0 Å². The van der Waals surface area contributed by atoms with Crippen LogP contribution < -0.4 is 0 Å². The second-order valence-corrected chi connectivity index (χ2v) is 14.4. The van der Waals surface area contributed by atoms with Gasteiger partial charge in [-0.25, -0.2) is 0 Å². The average molecular weight is 469 g/mol. The molecule has 190 valence electrons. The second kappa shape index (κ2) is 7.59. The van der Waals surface area contributed by atoms with Crippen molar-refractivity contribution in [1.82, 2.24) is 0 Å². The predicted octanol–water partition coefficient (Wildman–Crippen LogP) is 7.93. The zero-order valence-corrected chi connectivity index (χ0v) is 22.5. The minimum Gasteiger partial charge on any atom is -0.411 e. The van der Waals surface area contributed by atoms with Gasteiger partial charge in [0.15, 0.2) is 0 Å². The fraction of sp³-hybridized carbons (Fsp3) is 0.867. The van der Waals surface area contributed by atoms with Gasteiger partial charge in [0.25, 0.3) is 0 Å². The van der Waals surface area contributed by atoms with Crippen molar-refractivity contribution in [2.24, 2.45) is 67.0 Å². The highest BCUT2D eigenvalue weighted by Gasteiger charge is 2.70. The van der Waals surface area contributed by atoms with Crippen LogP contribution in [0.15, 0.2) is 22.5 Å². The molecule has 0 amide bonds. The maximum atomic E-state index is 9.76. The van der Waals surface area contributed by atoms with Gasteiger partial charge in [-0.1, -0.05) is 51.9 Å². The van der Waals surface area contributed by atoms with Crippen LogP contribution >= 0.6 is 0 Å². The normalized spacial score (nSPS) is 53.1. The Hall–Kier alpha value is -1.32. The van der Waals surface area contributed by atoms with E-state index in [1.54, 1.807) is 0 Å². The summed E-state index contributed by atoms with van der Waals surface area (Å²) in [5, 5.41) is 26.9. The van der Waals surface area contributed by atoms with Crippen LogP contribution in [-0.4, -0.2) is 22.3 Å². The molecule has 0 spiro atoms. The van der Waals surface area contributed by atoms with Gasteiger partial charge in [0, 0.05) is 10.8 Å². The Bertz CT molecular complexity index is 923. The van der Waals surface area contributed by atoms with E-state index in [4.69, 9.17) is 0 Å². The zero-order valence-electron chi connectivity index (χ0n) is 22.5. The number of nitrogens with zero attached hydrogens (tertiary/aromatic N) is 2. The lowest BCUT2D eigenvalue weighted by Crippen LogP contribution is -2.66. The van der Waals surface area contributed by atoms with Crippen molar-refractivity contribution in [2.45, 2.75) is 106 Å². The lowest BCUT2D eigenvalue weighted by Gasteiger charge is -2.72. The van der Waals surface area contributed by atoms with Gasteiger partial charge in [0.2, 0.25) is 0 Å². The average Bonchev–Trinajstić information content (AvgIpc) is 3.14. The van der Waals surface area contributed by atoms with Crippen LogP contribution in [0.1, 0.15) is 106 Å². The molecule has 0 aliphatic heterocycles. The van der Waals surface area contributed by atoms with Gasteiger partial charge < -0.3 is 10.4 Å². The highest BCUT2D eigenvalue weighted by Crippen LogP contribution is 2.77. The van der Waals surface area contributed by atoms with Gasteiger partial charge in [-0.2, -0.15) is 0 Å². The van der Waals surface area contributed by atoms with Crippen molar-refractivity contribution < 1.29 is 10.4 Å². The molecule has 34 heavy (non-hydrogen) atoms. The third-order valence-corrected chi connectivity index (χ3v) is 13.3. The Morgan fingerprint density at radius 1 is 0.882 bits per heavy atom. The highest BCUT2D eigenvalue weighted by molar-refractivity contribution is 5.90. The van der Waals surface area contributed by atoms with Crippen molar-refractivity contribution in [1.29, 1.82) is 0 Å². The van der Waals surface area contributed by atoms with Crippen LogP contribution in [0.25, 0.3) is 0 Å². The van der Waals surface area contributed by atoms with E-state index < -0.39 is 0 Å². The molecule has 4 heteroatoms. The standard InChI is InChI=1S/C30H48N2O2/c1-19(2)20-10-15-30(18-31-33)17-16-28(6)21(25(20)30)8-9-23-27(5)13-12-24(32-34)26(3,4)22(27)11-14-29(23,28)7/h18,20-23,25,33-34H,1,8-17H2,2-7H3/b31-18+,32-24+/t20-,21+,22-,23-,25-,27-,28+,29+,30-/m0/s1. The molecular weight excluding hydrogens is 420 g/mol. The molecule has 2 N–H and O–H groups in total. The molecule has 0 radical (unpaired) electrons. The van der Waals surface area contributed by atoms with Crippen LogP contribution in [0, 0.1) is 56.7 Å². The van der Waals surface area contributed by atoms with Crippen molar-refractivity contribution in [3.63, 3.8) is 0 Å². The van der Waals surface area contributed by atoms with Gasteiger partial charge in [-0.3, -0.25) is 0 Å². The monoisotopic (exact) mass is 468 g/mol. The van der Waals surface area contributed by atoms with Crippen LogP contribution in [0.2, 0.25) is 0 Å². The molecule has 0 bridgehead atoms. The zero-order chi connectivity index (χ0) is 24.7. The molecule has 0 saturated heterocycles. The summed E-state index contributed by atoms with van der Waals surface area (Å²) >= 11 is 0. The SMILES string of the molecule is C=C(C)[C@@H]1CC[C@@]2(/C=N/O)CC[C@]3(C)[C@H](CC[C@H]4[C@@]5(C)CC/C(=N\O)C(C)(C)[C@@H]5CC[C@]43C)[C@H]12. The van der Waals surface area contributed by atoms with Gasteiger partial charge >= 0.3 is 0 Å². The topological polar surface area (TPSA) is 65.2 Å². The second-order valence-electron chi connectivity index (χ2n) is 14.4. The minimum atomic E-state index is -0.0311. The van der Waals surface area contributed by atoms with E-state index in [9.17, 15) is 10.4 Å². The van der Waals surface area contributed by atoms with Crippen molar-refractivity contribution in [3.05, 3.63) is 12.2 Å². The number of rotatable bonds is 2. The van der Waals surface area contributed by atoms with Crippen LogP contribution in [0.3, 0.4) is 0 Å². The summed E-state index contributed by atoms with van der Waals surface area (Å²) in [5.74, 6) is 3.06. The fourth-order valence-corrected chi connectivity index (χ4v) is 11.5. The molecule has 0 aromatic carbocycles. The maximum absolute atomic E-state index is 9.76. The molecule has 5 aliphatic carbocycles. The minimum absolute atomic E-state index is 0.0311. The lowest BCUT2D eigenvalue weighted by molar-refractivity contribution is -0.222. The van der Waals surface area contributed by atoms with Gasteiger partial charge in [0.1, 0.15) is 0 Å². The van der Waals surface area contributed by atoms with E-state index >= 15 is 0 Å². The predicted molar refractivity (Wildman–Crippen MR) is 138 cm³/mol. The van der Waals surface area contributed by atoms with Crippen LogP contribution in [0.4, 0.5) is 0 Å². The fourth-order valence-electron chi connectivity index (χ4n) is 11.5. The van der Waals surface area contributed by atoms with E-state index in [2.05, 4.69) is 58.4 Å². The molecule has 0 aromatic rings. The Kier molecular flexibility index (Phi) is 5.44. The first-order valence-corrected chi connectivity index (χ1v) is 14.0. The highest BCUT2D eigenvalue weighted by atomic mass is 16.4. The number of oxime groups is 2. The van der Waals surface area contributed by atoms with E-state index in [1.165, 1.54) is 44.1 Å². The summed E-state index contributed by atoms with van der Waals surface area (Å²) in [4.78, 5) is 0. The first-order valence-electron chi connectivity index (χ1n) is 14.0. The first kappa shape index (κ1) is 24.4. The Morgan fingerprint density at radius 2 is 1.62 bits per heavy atom. The number of fused-ring (bicyclic) bond motifs is 7. The van der Waals surface area contributed by atoms with Crippen molar-refractivity contribution in [3.8, 4) is 0 Å². The molecule has 5 rings (SSSR count). The molecule has 5 aliphatic rings. The molecule has 0 unspecified atom stereocenters. The largest absolute Gasteiger partial charge is 0.411 e. The Balaban J connectivity index is 1.56. The molecule has 4 nitrogen and oxygen atoms in total. The van der Waals surface area contributed by atoms with Crippen molar-refractivity contribution >= 4 is 11.9 Å². The maximum Gasteiger partial charge on any atom is 0.0630 e.